The lowest BCUT2D eigenvalue weighted by atomic mass is 10.1. The summed E-state index contributed by atoms with van der Waals surface area (Å²) < 4.78 is 0. The van der Waals surface area contributed by atoms with Crippen LogP contribution in [0.15, 0.2) is 30.7 Å². The zero-order valence-corrected chi connectivity index (χ0v) is 11.5. The summed E-state index contributed by atoms with van der Waals surface area (Å²) >= 11 is 0. The standard InChI is InChI=1S/C12H11N5O6/c18-12(19)10(3-7-5-13-6-14-7)15-9-2-1-8(16(20)21)4-11(9)17(22)23/h1-2,4-6,10,15H,3H2,(H,13,14)(H,18,19)/t10-/m0/s1. The highest BCUT2D eigenvalue weighted by Crippen LogP contribution is 2.29. The number of carbonyl (C=O) groups is 1. The number of imidazole rings is 1. The Bertz CT molecular complexity index is 744. The number of non-ortho nitro benzene ring substituents is 1. The number of carboxylic acid groups (broad SMARTS) is 1. The average molecular weight is 321 g/mol. The van der Waals surface area contributed by atoms with Crippen LogP contribution in [0.1, 0.15) is 5.69 Å². The maximum Gasteiger partial charge on any atom is 0.326 e. The van der Waals surface area contributed by atoms with Crippen molar-refractivity contribution in [1.29, 1.82) is 0 Å². The molecule has 2 aromatic rings. The first-order valence-electron chi connectivity index (χ1n) is 6.28. The molecule has 0 saturated carbocycles. The van der Waals surface area contributed by atoms with E-state index in [1.165, 1.54) is 12.5 Å². The maximum absolute atomic E-state index is 11.3. The number of benzene rings is 1. The molecule has 1 aromatic carbocycles. The summed E-state index contributed by atoms with van der Waals surface area (Å²) in [5.41, 5.74) is -0.702. The normalized spacial score (nSPS) is 11.7. The molecule has 0 saturated heterocycles. The van der Waals surface area contributed by atoms with Crippen LogP contribution in [0, 0.1) is 20.2 Å². The van der Waals surface area contributed by atoms with Gasteiger partial charge >= 0.3 is 5.97 Å². The minimum Gasteiger partial charge on any atom is -0.480 e. The number of aliphatic carboxylic acids is 1. The number of nitrogens with one attached hydrogen (secondary N) is 2. The van der Waals surface area contributed by atoms with Gasteiger partial charge in [-0.3, -0.25) is 20.2 Å². The van der Waals surface area contributed by atoms with E-state index in [1.807, 2.05) is 0 Å². The molecule has 0 aliphatic heterocycles. The summed E-state index contributed by atoms with van der Waals surface area (Å²) in [6.07, 6.45) is 2.86. The molecule has 0 aliphatic rings. The zero-order chi connectivity index (χ0) is 17.0. The van der Waals surface area contributed by atoms with E-state index in [9.17, 15) is 30.1 Å². The van der Waals surface area contributed by atoms with Gasteiger partial charge in [-0.15, -0.1) is 0 Å². The van der Waals surface area contributed by atoms with E-state index >= 15 is 0 Å². The fraction of sp³-hybridized carbons (Fsp3) is 0.167. The van der Waals surface area contributed by atoms with Crippen molar-refractivity contribution in [2.45, 2.75) is 12.5 Å². The lowest BCUT2D eigenvalue weighted by Gasteiger charge is -2.14. The molecule has 11 heteroatoms. The van der Waals surface area contributed by atoms with Crippen molar-refractivity contribution >= 4 is 23.0 Å². The highest BCUT2D eigenvalue weighted by molar-refractivity contribution is 5.79. The molecule has 11 nitrogen and oxygen atoms in total. The fourth-order valence-corrected chi connectivity index (χ4v) is 1.91. The lowest BCUT2D eigenvalue weighted by molar-refractivity contribution is -0.393. The molecule has 0 fully saturated rings. The third-order valence-corrected chi connectivity index (χ3v) is 2.98. The number of anilines is 1. The minimum absolute atomic E-state index is 0.0209. The summed E-state index contributed by atoms with van der Waals surface area (Å²) in [5.74, 6) is -1.24. The molecule has 0 unspecified atom stereocenters. The Labute approximate surface area is 128 Å². The summed E-state index contributed by atoms with van der Waals surface area (Å²) in [6, 6.07) is 1.76. The van der Waals surface area contributed by atoms with Gasteiger partial charge in [0.2, 0.25) is 0 Å². The SMILES string of the molecule is O=C(O)[C@H](Cc1c[nH]cn1)Nc1ccc([N+](=O)[O-])cc1[N+](=O)[O-]. The van der Waals surface area contributed by atoms with Crippen molar-refractivity contribution in [1.82, 2.24) is 9.97 Å². The van der Waals surface area contributed by atoms with Crippen molar-refractivity contribution in [2.75, 3.05) is 5.32 Å². The number of aromatic nitrogens is 2. The Balaban J connectivity index is 2.30. The van der Waals surface area contributed by atoms with Gasteiger partial charge in [-0.25, -0.2) is 9.78 Å². The quantitative estimate of drug-likeness (QED) is 0.507. The number of carboxylic acids is 1. The Morgan fingerprint density at radius 1 is 1.35 bits per heavy atom. The van der Waals surface area contributed by atoms with E-state index in [-0.39, 0.29) is 12.1 Å². The first kappa shape index (κ1) is 15.9. The second-order valence-electron chi connectivity index (χ2n) is 4.52. The number of hydrogen-bond acceptors (Lipinski definition) is 7. The van der Waals surface area contributed by atoms with E-state index in [2.05, 4.69) is 15.3 Å². The van der Waals surface area contributed by atoms with E-state index in [0.717, 1.165) is 18.2 Å². The van der Waals surface area contributed by atoms with Crippen LogP contribution in [-0.2, 0) is 11.2 Å². The molecule has 0 bridgehead atoms. The molecule has 1 atom stereocenters. The van der Waals surface area contributed by atoms with E-state index in [1.54, 1.807) is 0 Å². The molecule has 23 heavy (non-hydrogen) atoms. The summed E-state index contributed by atoms with van der Waals surface area (Å²) in [4.78, 5) is 38.0. The third-order valence-electron chi connectivity index (χ3n) is 2.98. The molecule has 0 spiro atoms. The third kappa shape index (κ3) is 3.78. The number of nitro groups is 2. The molecule has 2 rings (SSSR count). The van der Waals surface area contributed by atoms with E-state index in [4.69, 9.17) is 0 Å². The molecular formula is C12H11N5O6. The predicted molar refractivity (Wildman–Crippen MR) is 77.1 cm³/mol. The molecule has 1 aromatic heterocycles. The molecule has 120 valence electrons. The second kappa shape index (κ2) is 6.51. The summed E-state index contributed by atoms with van der Waals surface area (Å²) in [5, 5.41) is 33.5. The molecule has 0 radical (unpaired) electrons. The van der Waals surface area contributed by atoms with Gasteiger partial charge in [-0.2, -0.15) is 0 Å². The van der Waals surface area contributed by atoms with Gasteiger partial charge in [0, 0.05) is 18.7 Å². The van der Waals surface area contributed by atoms with Crippen LogP contribution in [0.2, 0.25) is 0 Å². The maximum atomic E-state index is 11.3. The molecule has 1 heterocycles. The van der Waals surface area contributed by atoms with Crippen molar-refractivity contribution in [3.05, 3.63) is 56.6 Å². The number of rotatable bonds is 7. The van der Waals surface area contributed by atoms with Crippen LogP contribution < -0.4 is 5.32 Å². The highest BCUT2D eigenvalue weighted by atomic mass is 16.6. The Hall–Kier alpha value is -3.50. The predicted octanol–water partition coefficient (Wildman–Crippen LogP) is 1.33. The van der Waals surface area contributed by atoms with Gasteiger partial charge < -0.3 is 15.4 Å². The van der Waals surface area contributed by atoms with Crippen molar-refractivity contribution in [3.8, 4) is 0 Å². The first-order chi connectivity index (χ1) is 10.9. The van der Waals surface area contributed by atoms with Crippen molar-refractivity contribution in [2.24, 2.45) is 0 Å². The Kier molecular flexibility index (Phi) is 4.50. The molecule has 0 amide bonds. The summed E-state index contributed by atoms with van der Waals surface area (Å²) in [7, 11) is 0. The lowest BCUT2D eigenvalue weighted by Crippen LogP contribution is -2.31. The van der Waals surface area contributed by atoms with Gasteiger partial charge in [-0.1, -0.05) is 0 Å². The first-order valence-corrected chi connectivity index (χ1v) is 6.28. The zero-order valence-electron chi connectivity index (χ0n) is 11.5. The van der Waals surface area contributed by atoms with E-state index in [0.29, 0.717) is 5.69 Å². The number of H-pyrrole nitrogens is 1. The van der Waals surface area contributed by atoms with Crippen LogP contribution >= 0.6 is 0 Å². The molecule has 3 N–H and O–H groups in total. The highest BCUT2D eigenvalue weighted by Gasteiger charge is 2.25. The van der Waals surface area contributed by atoms with Gasteiger partial charge in [0.05, 0.1) is 27.9 Å². The largest absolute Gasteiger partial charge is 0.480 e. The average Bonchev–Trinajstić information content (AvgIpc) is 2.99. The van der Waals surface area contributed by atoms with Crippen LogP contribution in [0.4, 0.5) is 17.1 Å². The van der Waals surface area contributed by atoms with Crippen molar-refractivity contribution < 1.29 is 19.7 Å². The second-order valence-corrected chi connectivity index (χ2v) is 4.52. The van der Waals surface area contributed by atoms with Crippen LogP contribution in [0.25, 0.3) is 0 Å². The molecular weight excluding hydrogens is 310 g/mol. The number of aromatic amines is 1. The van der Waals surface area contributed by atoms with Crippen LogP contribution in [0.3, 0.4) is 0 Å². The topological polar surface area (TPSA) is 164 Å². The molecule has 0 aliphatic carbocycles. The minimum atomic E-state index is -1.24. The number of nitro benzene ring substituents is 2. The van der Waals surface area contributed by atoms with Crippen LogP contribution in [-0.4, -0.2) is 36.9 Å². The fourth-order valence-electron chi connectivity index (χ4n) is 1.91. The monoisotopic (exact) mass is 321 g/mol. The number of nitrogens with zero attached hydrogens (tertiary/aromatic N) is 3. The Morgan fingerprint density at radius 3 is 2.61 bits per heavy atom. The number of hydrogen-bond donors (Lipinski definition) is 3. The van der Waals surface area contributed by atoms with Gasteiger partial charge in [0.25, 0.3) is 11.4 Å². The summed E-state index contributed by atoms with van der Waals surface area (Å²) in [6.45, 7) is 0. The Morgan fingerprint density at radius 2 is 2.09 bits per heavy atom. The van der Waals surface area contributed by atoms with Crippen molar-refractivity contribution in [3.63, 3.8) is 0 Å². The van der Waals surface area contributed by atoms with Gasteiger partial charge in [0.1, 0.15) is 11.7 Å². The van der Waals surface area contributed by atoms with Gasteiger partial charge in [-0.05, 0) is 6.07 Å². The van der Waals surface area contributed by atoms with E-state index < -0.39 is 33.2 Å². The van der Waals surface area contributed by atoms with Crippen LogP contribution in [0.5, 0.6) is 0 Å². The van der Waals surface area contributed by atoms with Gasteiger partial charge in [0.15, 0.2) is 0 Å². The smallest absolute Gasteiger partial charge is 0.326 e.